The summed E-state index contributed by atoms with van der Waals surface area (Å²) in [5, 5.41) is 3.97. The fourth-order valence-corrected chi connectivity index (χ4v) is 3.30. The smallest absolute Gasteiger partial charge is 0.254 e. The maximum absolute atomic E-state index is 12.9. The van der Waals surface area contributed by atoms with Gasteiger partial charge in [0.05, 0.1) is 5.92 Å². The highest BCUT2D eigenvalue weighted by Crippen LogP contribution is 2.32. The van der Waals surface area contributed by atoms with Gasteiger partial charge in [-0.3, -0.25) is 4.79 Å². The van der Waals surface area contributed by atoms with Crippen molar-refractivity contribution in [2.24, 2.45) is 0 Å². The van der Waals surface area contributed by atoms with Gasteiger partial charge in [-0.15, -0.1) is 0 Å². The van der Waals surface area contributed by atoms with Gasteiger partial charge < -0.3 is 18.9 Å². The second kappa shape index (κ2) is 6.74. The molecule has 0 saturated carbocycles. The zero-order valence-electron chi connectivity index (χ0n) is 14.2. The summed E-state index contributed by atoms with van der Waals surface area (Å²) in [5.41, 5.74) is 0.615. The van der Waals surface area contributed by atoms with Gasteiger partial charge in [-0.1, -0.05) is 12.1 Å². The summed E-state index contributed by atoms with van der Waals surface area (Å²) in [7, 11) is 0. The average molecular weight is 343 g/mol. The minimum Gasteiger partial charge on any atom is -0.486 e. The summed E-state index contributed by atoms with van der Waals surface area (Å²) < 4.78 is 16.5. The zero-order chi connectivity index (χ0) is 17.2. The summed E-state index contributed by atoms with van der Waals surface area (Å²) in [5.74, 6) is 2.77. The Kier molecular flexibility index (Phi) is 4.29. The fraction of sp³-hybridized carbons (Fsp3) is 0.500. The Labute approximate surface area is 145 Å². The number of rotatable bonds is 3. The van der Waals surface area contributed by atoms with Crippen LogP contribution in [0.2, 0.25) is 0 Å². The average Bonchev–Trinajstić information content (AvgIpc) is 3.16. The number of carbonyl (C=O) groups is 1. The van der Waals surface area contributed by atoms with E-state index in [9.17, 15) is 4.79 Å². The number of amides is 1. The van der Waals surface area contributed by atoms with Crippen molar-refractivity contribution in [3.63, 3.8) is 0 Å². The Bertz CT molecular complexity index is 773. The second-order valence-electron chi connectivity index (χ2n) is 6.35. The van der Waals surface area contributed by atoms with Crippen LogP contribution < -0.4 is 9.47 Å². The van der Waals surface area contributed by atoms with Crippen molar-refractivity contribution in [3.05, 3.63) is 35.5 Å². The third kappa shape index (κ3) is 3.18. The molecule has 0 N–H and O–H groups in total. The molecule has 1 unspecified atom stereocenters. The molecule has 25 heavy (non-hydrogen) atoms. The molecule has 2 aliphatic rings. The normalized spacial score (nSPS) is 19.7. The minimum atomic E-state index is -0.00287. The van der Waals surface area contributed by atoms with E-state index < -0.39 is 0 Å². The Morgan fingerprint density at radius 2 is 2.12 bits per heavy atom. The van der Waals surface area contributed by atoms with Crippen molar-refractivity contribution in [2.45, 2.75) is 32.1 Å². The maximum Gasteiger partial charge on any atom is 0.254 e. The van der Waals surface area contributed by atoms with Gasteiger partial charge in [0.25, 0.3) is 5.91 Å². The van der Waals surface area contributed by atoms with Crippen LogP contribution in [0, 0.1) is 0 Å². The van der Waals surface area contributed by atoms with E-state index in [0.717, 1.165) is 25.8 Å². The molecule has 0 bridgehead atoms. The highest BCUT2D eigenvalue weighted by Gasteiger charge is 2.29. The molecule has 4 rings (SSSR count). The zero-order valence-corrected chi connectivity index (χ0v) is 14.2. The van der Waals surface area contributed by atoms with Crippen LogP contribution in [0.1, 0.15) is 47.8 Å². The van der Waals surface area contributed by atoms with Crippen molar-refractivity contribution >= 4 is 5.91 Å². The molecule has 1 amide bonds. The van der Waals surface area contributed by atoms with E-state index in [4.69, 9.17) is 14.0 Å². The van der Waals surface area contributed by atoms with E-state index in [-0.39, 0.29) is 11.8 Å². The van der Waals surface area contributed by atoms with Gasteiger partial charge in [0.15, 0.2) is 17.3 Å². The summed E-state index contributed by atoms with van der Waals surface area (Å²) in [6, 6.07) is 5.36. The lowest BCUT2D eigenvalue weighted by atomic mass is 9.97. The summed E-state index contributed by atoms with van der Waals surface area (Å²) >= 11 is 0. The molecular weight excluding hydrogens is 322 g/mol. The molecule has 0 aliphatic carbocycles. The van der Waals surface area contributed by atoms with Crippen LogP contribution in [0.3, 0.4) is 0 Å². The van der Waals surface area contributed by atoms with Gasteiger partial charge in [-0.05, 0) is 31.0 Å². The van der Waals surface area contributed by atoms with E-state index in [0.29, 0.717) is 48.5 Å². The number of ether oxygens (including phenoxy) is 2. The number of hydrogen-bond donors (Lipinski definition) is 0. The van der Waals surface area contributed by atoms with Gasteiger partial charge in [0.1, 0.15) is 13.2 Å². The van der Waals surface area contributed by atoms with Crippen LogP contribution in [0.15, 0.2) is 22.7 Å². The summed E-state index contributed by atoms with van der Waals surface area (Å²) in [6.07, 6.45) is 2.62. The van der Waals surface area contributed by atoms with E-state index in [2.05, 4.69) is 10.1 Å². The highest BCUT2D eigenvalue weighted by atomic mass is 16.6. The second-order valence-corrected chi connectivity index (χ2v) is 6.35. The van der Waals surface area contributed by atoms with Crippen molar-refractivity contribution in [1.82, 2.24) is 15.0 Å². The molecule has 0 spiro atoms. The molecule has 1 atom stereocenters. The monoisotopic (exact) mass is 343 g/mol. The first-order chi connectivity index (χ1) is 12.2. The third-order valence-electron chi connectivity index (χ3n) is 4.65. The maximum atomic E-state index is 12.9. The van der Waals surface area contributed by atoms with E-state index in [1.807, 2.05) is 11.8 Å². The first-order valence-electron chi connectivity index (χ1n) is 8.76. The summed E-state index contributed by atoms with van der Waals surface area (Å²) in [6.45, 7) is 4.37. The quantitative estimate of drug-likeness (QED) is 0.852. The molecule has 2 aromatic rings. The fourth-order valence-electron chi connectivity index (χ4n) is 3.30. The molecule has 1 fully saturated rings. The highest BCUT2D eigenvalue weighted by molar-refractivity contribution is 5.95. The van der Waals surface area contributed by atoms with Gasteiger partial charge in [-0.2, -0.15) is 4.98 Å². The lowest BCUT2D eigenvalue weighted by molar-refractivity contribution is 0.0694. The van der Waals surface area contributed by atoms with Crippen molar-refractivity contribution in [1.29, 1.82) is 0 Å². The van der Waals surface area contributed by atoms with Crippen LogP contribution in [0.25, 0.3) is 0 Å². The van der Waals surface area contributed by atoms with Crippen molar-refractivity contribution in [2.75, 3.05) is 26.3 Å². The lowest BCUT2D eigenvalue weighted by Gasteiger charge is -2.31. The van der Waals surface area contributed by atoms with Gasteiger partial charge in [-0.25, -0.2) is 0 Å². The third-order valence-corrected chi connectivity index (χ3v) is 4.65. The van der Waals surface area contributed by atoms with Crippen LogP contribution in [-0.4, -0.2) is 47.3 Å². The number of piperidine rings is 1. The van der Waals surface area contributed by atoms with Crippen LogP contribution in [0.5, 0.6) is 11.5 Å². The SMILES string of the molecule is CCc1noc(C2CCCN(C(=O)c3ccc4c(c3)OCCO4)C2)n1. The number of aromatic nitrogens is 2. The molecule has 1 aromatic heterocycles. The Hall–Kier alpha value is -2.57. The first-order valence-corrected chi connectivity index (χ1v) is 8.76. The molecule has 7 heteroatoms. The van der Waals surface area contributed by atoms with E-state index in [1.54, 1.807) is 18.2 Å². The number of nitrogens with zero attached hydrogens (tertiary/aromatic N) is 3. The molecule has 1 saturated heterocycles. The molecular formula is C18H21N3O4. The molecule has 132 valence electrons. The lowest BCUT2D eigenvalue weighted by Crippen LogP contribution is -2.39. The number of fused-ring (bicyclic) bond motifs is 1. The van der Waals surface area contributed by atoms with Gasteiger partial charge in [0.2, 0.25) is 5.89 Å². The predicted octanol–water partition coefficient (Wildman–Crippen LogP) is 2.42. The van der Waals surface area contributed by atoms with Crippen LogP contribution in [0.4, 0.5) is 0 Å². The minimum absolute atomic E-state index is 0.00287. The molecule has 3 heterocycles. The number of aryl methyl sites for hydroxylation is 1. The topological polar surface area (TPSA) is 77.7 Å². The van der Waals surface area contributed by atoms with E-state index >= 15 is 0 Å². The van der Waals surface area contributed by atoms with E-state index in [1.165, 1.54) is 0 Å². The largest absolute Gasteiger partial charge is 0.486 e. The molecule has 7 nitrogen and oxygen atoms in total. The van der Waals surface area contributed by atoms with Crippen LogP contribution >= 0.6 is 0 Å². The Morgan fingerprint density at radius 1 is 1.28 bits per heavy atom. The van der Waals surface area contributed by atoms with Crippen molar-refractivity contribution < 1.29 is 18.8 Å². The summed E-state index contributed by atoms with van der Waals surface area (Å²) in [4.78, 5) is 19.2. The number of likely N-dealkylation sites (tertiary alicyclic amines) is 1. The first kappa shape index (κ1) is 15.9. The predicted molar refractivity (Wildman–Crippen MR) is 89.0 cm³/mol. The number of benzene rings is 1. The Morgan fingerprint density at radius 3 is 2.92 bits per heavy atom. The molecule has 2 aliphatic heterocycles. The van der Waals surface area contributed by atoms with Gasteiger partial charge >= 0.3 is 0 Å². The number of hydrogen-bond acceptors (Lipinski definition) is 6. The number of carbonyl (C=O) groups excluding carboxylic acids is 1. The Balaban J connectivity index is 1.49. The van der Waals surface area contributed by atoms with Crippen molar-refractivity contribution in [3.8, 4) is 11.5 Å². The molecule has 0 radical (unpaired) electrons. The molecule has 1 aromatic carbocycles. The van der Waals surface area contributed by atoms with Gasteiger partial charge in [0, 0.05) is 25.1 Å². The standard InChI is InChI=1S/C18H21N3O4/c1-2-16-19-17(25-20-16)13-4-3-7-21(11-13)18(22)12-5-6-14-15(10-12)24-9-8-23-14/h5-6,10,13H,2-4,7-9,11H2,1H3. The van der Waals surface area contributed by atoms with Crippen LogP contribution in [-0.2, 0) is 6.42 Å².